The lowest BCUT2D eigenvalue weighted by atomic mass is 9.93. The molecule has 2 amide bonds. The lowest BCUT2D eigenvalue weighted by Gasteiger charge is -2.47. The molecule has 2 aliphatic rings. The Labute approximate surface area is 211 Å². The summed E-state index contributed by atoms with van der Waals surface area (Å²) in [5, 5.41) is 13.2. The predicted octanol–water partition coefficient (Wildman–Crippen LogP) is 3.02. The van der Waals surface area contributed by atoms with Gasteiger partial charge in [0.25, 0.3) is 12.3 Å². The number of amides is 2. The Hall–Kier alpha value is -3.87. The maximum absolute atomic E-state index is 13.7. The lowest BCUT2D eigenvalue weighted by molar-refractivity contribution is 0.0115. The van der Waals surface area contributed by atoms with Gasteiger partial charge in [-0.2, -0.15) is 10.2 Å². The van der Waals surface area contributed by atoms with Gasteiger partial charge in [-0.05, 0) is 31.0 Å². The summed E-state index contributed by atoms with van der Waals surface area (Å²) >= 11 is 0. The van der Waals surface area contributed by atoms with E-state index in [1.807, 2.05) is 0 Å². The van der Waals surface area contributed by atoms with Crippen molar-refractivity contribution in [2.24, 2.45) is 5.92 Å². The van der Waals surface area contributed by atoms with E-state index >= 15 is 0 Å². The highest BCUT2D eigenvalue weighted by atomic mass is 19.3. The van der Waals surface area contributed by atoms with Gasteiger partial charge < -0.3 is 15.0 Å². The van der Waals surface area contributed by atoms with Crippen molar-refractivity contribution in [3.05, 3.63) is 48.0 Å². The van der Waals surface area contributed by atoms with Crippen LogP contribution in [0.5, 0.6) is 0 Å². The Morgan fingerprint density at radius 1 is 1.22 bits per heavy atom. The summed E-state index contributed by atoms with van der Waals surface area (Å²) < 4.78 is 33.7. The highest BCUT2D eigenvalue weighted by molar-refractivity contribution is 6.03. The molecule has 3 aromatic heterocycles. The van der Waals surface area contributed by atoms with Gasteiger partial charge in [0.15, 0.2) is 5.69 Å². The largest absolute Gasteiger partial charge is 0.453 e. The fraction of sp³-hybridized carbons (Fsp3) is 0.458. The first-order chi connectivity index (χ1) is 17.9. The number of piperidine rings is 1. The van der Waals surface area contributed by atoms with Crippen LogP contribution in [0.25, 0.3) is 11.4 Å². The summed E-state index contributed by atoms with van der Waals surface area (Å²) in [4.78, 5) is 32.8. The highest BCUT2D eigenvalue weighted by Crippen LogP contribution is 2.29. The first kappa shape index (κ1) is 24.8. The number of hydrogen-bond donors (Lipinski definition) is 2. The van der Waals surface area contributed by atoms with E-state index in [-0.39, 0.29) is 23.4 Å². The van der Waals surface area contributed by atoms with Gasteiger partial charge in [-0.1, -0.05) is 6.07 Å². The number of halogens is 2. The van der Waals surface area contributed by atoms with Crippen LogP contribution in [0.2, 0.25) is 0 Å². The molecule has 0 radical (unpaired) electrons. The van der Waals surface area contributed by atoms with E-state index in [2.05, 4.69) is 30.5 Å². The molecule has 0 aromatic carbocycles. The van der Waals surface area contributed by atoms with Crippen molar-refractivity contribution in [2.45, 2.75) is 31.9 Å². The number of methoxy groups -OCH3 is 1. The molecular formula is C24H28F2N8O3. The zero-order chi connectivity index (χ0) is 25.9. The number of ether oxygens (including phenoxy) is 1. The minimum atomic E-state index is -2.83. The molecule has 2 saturated heterocycles. The van der Waals surface area contributed by atoms with Gasteiger partial charge in [0, 0.05) is 57.1 Å². The van der Waals surface area contributed by atoms with E-state index in [4.69, 9.17) is 4.74 Å². The maximum atomic E-state index is 13.7. The monoisotopic (exact) mass is 514 g/mol. The second kappa shape index (κ2) is 10.6. The fourth-order valence-electron chi connectivity index (χ4n) is 4.91. The fourth-order valence-corrected chi connectivity index (χ4v) is 4.91. The van der Waals surface area contributed by atoms with E-state index in [0.717, 1.165) is 25.9 Å². The summed E-state index contributed by atoms with van der Waals surface area (Å²) in [5.74, 6) is -0.337. The third-order valence-electron chi connectivity index (χ3n) is 6.85. The molecule has 2 fully saturated rings. The first-order valence-corrected chi connectivity index (χ1v) is 12.1. The average molecular weight is 515 g/mol. The molecule has 0 saturated carbocycles. The number of likely N-dealkylation sites (tertiary alicyclic amines) is 2. The van der Waals surface area contributed by atoms with E-state index in [0.29, 0.717) is 37.1 Å². The van der Waals surface area contributed by atoms with Gasteiger partial charge in [0.05, 0.1) is 24.2 Å². The zero-order valence-electron chi connectivity index (χ0n) is 20.3. The Balaban J connectivity index is 1.18. The van der Waals surface area contributed by atoms with E-state index in [1.165, 1.54) is 24.1 Å². The zero-order valence-corrected chi connectivity index (χ0v) is 20.3. The Kier molecular flexibility index (Phi) is 7.12. The van der Waals surface area contributed by atoms with Gasteiger partial charge in [-0.15, -0.1) is 0 Å². The summed E-state index contributed by atoms with van der Waals surface area (Å²) in [5.41, 5.74) is 0.747. The number of aromatic nitrogens is 5. The second-order valence-electron chi connectivity index (χ2n) is 9.29. The number of carbonyl (C=O) groups is 2. The standard InChI is InChI=1S/C24H28F2N8O3/c1-37-24(36)32-9-6-16(7-10-32)33-11-15(12-33)13-34-14-20(21(31-34)22(25)26)29-23(35)19-4-2-3-17(28-19)18-5-8-27-30-18/h2-5,8,14-16,22H,6-7,9-13H2,1H3,(H,27,30)(H,29,35). The SMILES string of the molecule is COC(=O)N1CCC(N2CC(Cn3cc(NC(=O)c4cccc(-c5ccn[nH]5)n4)c(C(F)F)n3)C2)CC1. The van der Waals surface area contributed by atoms with Crippen LogP contribution in [0, 0.1) is 5.92 Å². The van der Waals surface area contributed by atoms with Gasteiger partial charge in [-0.25, -0.2) is 18.6 Å². The molecule has 0 unspecified atom stereocenters. The van der Waals surface area contributed by atoms with Gasteiger partial charge in [0.2, 0.25) is 0 Å². The topological polar surface area (TPSA) is 121 Å². The van der Waals surface area contributed by atoms with Crippen molar-refractivity contribution in [2.75, 3.05) is 38.6 Å². The van der Waals surface area contributed by atoms with Crippen molar-refractivity contribution in [1.82, 2.24) is 34.8 Å². The molecule has 196 valence electrons. The number of nitrogens with one attached hydrogen (secondary N) is 2. The lowest BCUT2D eigenvalue weighted by Crippen LogP contribution is -2.56. The van der Waals surface area contributed by atoms with Crippen LogP contribution >= 0.6 is 0 Å². The van der Waals surface area contributed by atoms with E-state index in [9.17, 15) is 18.4 Å². The predicted molar refractivity (Wildman–Crippen MR) is 129 cm³/mol. The van der Waals surface area contributed by atoms with Crippen LogP contribution in [-0.2, 0) is 11.3 Å². The molecule has 3 aromatic rings. The normalized spacial score (nSPS) is 17.1. The number of carbonyl (C=O) groups excluding carboxylic acids is 2. The van der Waals surface area contributed by atoms with Crippen LogP contribution in [-0.4, -0.2) is 86.1 Å². The van der Waals surface area contributed by atoms with Crippen LogP contribution in [0.1, 0.15) is 35.4 Å². The van der Waals surface area contributed by atoms with Crippen LogP contribution in [0.4, 0.5) is 19.3 Å². The number of anilines is 1. The summed E-state index contributed by atoms with van der Waals surface area (Å²) in [7, 11) is 1.39. The van der Waals surface area contributed by atoms with Crippen LogP contribution in [0.3, 0.4) is 0 Å². The van der Waals surface area contributed by atoms with Gasteiger partial charge >= 0.3 is 6.09 Å². The highest BCUT2D eigenvalue weighted by Gasteiger charge is 2.35. The number of aromatic amines is 1. The third-order valence-corrected chi connectivity index (χ3v) is 6.85. The Bertz CT molecular complexity index is 1230. The van der Waals surface area contributed by atoms with Crippen molar-refractivity contribution >= 4 is 17.7 Å². The summed E-state index contributed by atoms with van der Waals surface area (Å²) in [6.45, 7) is 3.47. The maximum Gasteiger partial charge on any atom is 0.409 e. The van der Waals surface area contributed by atoms with Crippen LogP contribution < -0.4 is 5.32 Å². The van der Waals surface area contributed by atoms with Gasteiger partial charge in [-0.3, -0.25) is 19.5 Å². The number of pyridine rings is 1. The first-order valence-electron chi connectivity index (χ1n) is 12.1. The molecule has 2 aliphatic heterocycles. The van der Waals surface area contributed by atoms with Crippen LogP contribution in [0.15, 0.2) is 36.7 Å². The van der Waals surface area contributed by atoms with Crippen molar-refractivity contribution < 1.29 is 23.1 Å². The summed E-state index contributed by atoms with van der Waals surface area (Å²) in [6, 6.07) is 7.01. The Morgan fingerprint density at radius 2 is 2.00 bits per heavy atom. The quantitative estimate of drug-likeness (QED) is 0.497. The molecule has 11 nitrogen and oxygen atoms in total. The average Bonchev–Trinajstić information content (AvgIpc) is 3.56. The van der Waals surface area contributed by atoms with Crippen molar-refractivity contribution in [3.63, 3.8) is 0 Å². The smallest absolute Gasteiger partial charge is 0.409 e. The number of nitrogens with zero attached hydrogens (tertiary/aromatic N) is 6. The minimum Gasteiger partial charge on any atom is -0.453 e. The molecule has 0 aliphatic carbocycles. The van der Waals surface area contributed by atoms with Gasteiger partial charge in [0.1, 0.15) is 5.69 Å². The summed E-state index contributed by atoms with van der Waals surface area (Å²) in [6.07, 6.45) is 1.66. The molecule has 13 heteroatoms. The number of rotatable bonds is 7. The molecule has 0 atom stereocenters. The molecule has 2 N–H and O–H groups in total. The number of hydrogen-bond acceptors (Lipinski definition) is 7. The Morgan fingerprint density at radius 3 is 2.68 bits per heavy atom. The molecule has 5 heterocycles. The third kappa shape index (κ3) is 5.45. The molecular weight excluding hydrogens is 486 g/mol. The molecule has 37 heavy (non-hydrogen) atoms. The molecule has 0 spiro atoms. The molecule has 5 rings (SSSR count). The van der Waals surface area contributed by atoms with Crippen molar-refractivity contribution in [1.29, 1.82) is 0 Å². The number of H-pyrrole nitrogens is 1. The second-order valence-corrected chi connectivity index (χ2v) is 9.29. The minimum absolute atomic E-state index is 0.0277. The van der Waals surface area contributed by atoms with Crippen molar-refractivity contribution in [3.8, 4) is 11.4 Å². The van der Waals surface area contributed by atoms with E-state index < -0.39 is 18.0 Å². The van der Waals surface area contributed by atoms with E-state index in [1.54, 1.807) is 29.3 Å². The molecule has 0 bridgehead atoms. The number of alkyl halides is 2.